The Kier molecular flexibility index (Phi) is 2.83. The summed E-state index contributed by atoms with van der Waals surface area (Å²) in [6.45, 7) is 1.77. The third-order valence-corrected chi connectivity index (χ3v) is 4.14. The summed E-state index contributed by atoms with van der Waals surface area (Å²) in [5, 5.41) is 0. The summed E-state index contributed by atoms with van der Waals surface area (Å²) in [7, 11) is 2.88. The zero-order chi connectivity index (χ0) is 14.5. The van der Waals surface area contributed by atoms with E-state index >= 15 is 0 Å². The van der Waals surface area contributed by atoms with E-state index in [0.29, 0.717) is 5.56 Å². The van der Waals surface area contributed by atoms with Crippen molar-refractivity contribution in [1.82, 2.24) is 0 Å². The fourth-order valence-corrected chi connectivity index (χ4v) is 2.73. The number of methoxy groups -OCH3 is 2. The molecule has 3 rings (SSSR count). The van der Waals surface area contributed by atoms with Crippen LogP contribution in [0.4, 0.5) is 5.69 Å². The van der Waals surface area contributed by atoms with Crippen molar-refractivity contribution >= 4 is 17.6 Å². The quantitative estimate of drug-likeness (QED) is 0.790. The van der Waals surface area contributed by atoms with E-state index in [1.54, 1.807) is 30.0 Å². The Labute approximate surface area is 117 Å². The number of carbonyl (C=O) groups is 2. The molecule has 1 heterocycles. The van der Waals surface area contributed by atoms with E-state index < -0.39 is 11.6 Å². The lowest BCUT2D eigenvalue weighted by Gasteiger charge is -2.22. The molecule has 2 aliphatic rings. The minimum Gasteiger partial charge on any atom is -0.465 e. The second-order valence-corrected chi connectivity index (χ2v) is 5.37. The van der Waals surface area contributed by atoms with Crippen molar-refractivity contribution in [2.45, 2.75) is 31.4 Å². The second kappa shape index (κ2) is 4.31. The summed E-state index contributed by atoms with van der Waals surface area (Å²) in [6, 6.07) is 5.41. The molecule has 5 heteroatoms. The van der Waals surface area contributed by atoms with E-state index in [-0.39, 0.29) is 11.9 Å². The van der Waals surface area contributed by atoms with Gasteiger partial charge in [-0.1, -0.05) is 6.07 Å². The number of carbonyl (C=O) groups excluding carboxylic acids is 2. The van der Waals surface area contributed by atoms with Crippen molar-refractivity contribution < 1.29 is 19.1 Å². The fourth-order valence-electron chi connectivity index (χ4n) is 2.73. The normalized spacial score (nSPS) is 24.8. The zero-order valence-corrected chi connectivity index (χ0v) is 11.8. The van der Waals surface area contributed by atoms with Crippen LogP contribution in [0.15, 0.2) is 18.2 Å². The van der Waals surface area contributed by atoms with Gasteiger partial charge >= 0.3 is 5.97 Å². The highest BCUT2D eigenvalue weighted by atomic mass is 16.5. The molecule has 1 aromatic rings. The van der Waals surface area contributed by atoms with Gasteiger partial charge in [0.25, 0.3) is 5.91 Å². The van der Waals surface area contributed by atoms with Gasteiger partial charge in [-0.05, 0) is 31.9 Å². The van der Waals surface area contributed by atoms with E-state index in [9.17, 15) is 9.59 Å². The molecule has 106 valence electrons. The maximum atomic E-state index is 12.6. The van der Waals surface area contributed by atoms with Crippen LogP contribution in [0.3, 0.4) is 0 Å². The van der Waals surface area contributed by atoms with Gasteiger partial charge in [0.2, 0.25) is 0 Å². The highest BCUT2D eigenvalue weighted by molar-refractivity contribution is 6.08. The number of nitrogens with zero attached hydrogens (tertiary/aromatic N) is 1. The van der Waals surface area contributed by atoms with Gasteiger partial charge in [0.15, 0.2) is 5.60 Å². The van der Waals surface area contributed by atoms with E-state index in [0.717, 1.165) is 24.1 Å². The second-order valence-electron chi connectivity index (χ2n) is 5.37. The molecule has 1 aromatic carbocycles. The molecule has 0 spiro atoms. The molecule has 0 radical (unpaired) electrons. The summed E-state index contributed by atoms with van der Waals surface area (Å²) in [4.78, 5) is 26.1. The number of hydrogen-bond donors (Lipinski definition) is 0. The molecular formula is C15H17NO4. The van der Waals surface area contributed by atoms with E-state index in [1.165, 1.54) is 14.2 Å². The van der Waals surface area contributed by atoms with Crippen LogP contribution in [0.5, 0.6) is 0 Å². The van der Waals surface area contributed by atoms with Crippen LogP contribution in [0.2, 0.25) is 0 Å². The van der Waals surface area contributed by atoms with E-state index in [2.05, 4.69) is 0 Å². The number of rotatable bonds is 3. The van der Waals surface area contributed by atoms with Gasteiger partial charge in [-0.2, -0.15) is 0 Å². The molecule has 0 aromatic heterocycles. The van der Waals surface area contributed by atoms with E-state index in [4.69, 9.17) is 9.47 Å². The Morgan fingerprint density at radius 1 is 1.35 bits per heavy atom. The lowest BCUT2D eigenvalue weighted by atomic mass is 9.96. The molecule has 1 amide bonds. The number of hydrogen-bond acceptors (Lipinski definition) is 4. The molecule has 0 bridgehead atoms. The van der Waals surface area contributed by atoms with Gasteiger partial charge in [-0.15, -0.1) is 0 Å². The lowest BCUT2D eigenvalue weighted by molar-refractivity contribution is -0.137. The number of amides is 1. The van der Waals surface area contributed by atoms with Crippen molar-refractivity contribution in [1.29, 1.82) is 0 Å². The molecule has 20 heavy (non-hydrogen) atoms. The van der Waals surface area contributed by atoms with Crippen LogP contribution in [0.25, 0.3) is 0 Å². The lowest BCUT2D eigenvalue weighted by Crippen LogP contribution is -2.40. The molecule has 0 saturated heterocycles. The standard InChI is InChI=1S/C15H17NO4/c1-15(20-3)11-7-4-9(13(17)19-2)8-12(11)16(14(15)18)10-5-6-10/h4,7-8,10H,5-6H2,1-3H3. The van der Waals surface area contributed by atoms with Gasteiger partial charge in [0.1, 0.15) is 0 Å². The van der Waals surface area contributed by atoms with Crippen LogP contribution < -0.4 is 4.90 Å². The molecule has 1 saturated carbocycles. The molecule has 1 aliphatic carbocycles. The van der Waals surface area contributed by atoms with Crippen molar-refractivity contribution in [3.63, 3.8) is 0 Å². The summed E-state index contributed by atoms with van der Waals surface area (Å²) in [5.41, 5.74) is 1.06. The average Bonchev–Trinajstić information content (AvgIpc) is 3.27. The van der Waals surface area contributed by atoms with E-state index in [1.807, 2.05) is 0 Å². The Morgan fingerprint density at radius 3 is 2.60 bits per heavy atom. The van der Waals surface area contributed by atoms with Crippen LogP contribution >= 0.6 is 0 Å². The minimum absolute atomic E-state index is 0.0560. The number of esters is 1. The van der Waals surface area contributed by atoms with Gasteiger partial charge in [0, 0.05) is 18.7 Å². The summed E-state index contributed by atoms with van der Waals surface area (Å²) in [5.74, 6) is -0.457. The van der Waals surface area contributed by atoms with Crippen molar-refractivity contribution in [3.8, 4) is 0 Å². The predicted octanol–water partition coefficient (Wildman–Crippen LogP) is 1.84. The summed E-state index contributed by atoms with van der Waals surface area (Å²) < 4.78 is 10.2. The Bertz CT molecular complexity index is 594. The number of ether oxygens (including phenoxy) is 2. The SMILES string of the molecule is COC(=O)c1ccc2c(c1)N(C1CC1)C(=O)C2(C)OC. The average molecular weight is 275 g/mol. The Hall–Kier alpha value is -1.88. The topological polar surface area (TPSA) is 55.8 Å². The van der Waals surface area contributed by atoms with Gasteiger partial charge in [-0.25, -0.2) is 4.79 Å². The summed E-state index contributed by atoms with van der Waals surface area (Å²) in [6.07, 6.45) is 1.99. The van der Waals surface area contributed by atoms with Crippen LogP contribution in [-0.4, -0.2) is 32.1 Å². The Morgan fingerprint density at radius 2 is 2.05 bits per heavy atom. The third kappa shape index (κ3) is 1.66. The van der Waals surface area contributed by atoms with Gasteiger partial charge in [-0.3, -0.25) is 4.79 Å². The van der Waals surface area contributed by atoms with Crippen LogP contribution in [-0.2, 0) is 19.9 Å². The molecule has 1 unspecified atom stereocenters. The highest BCUT2D eigenvalue weighted by Crippen LogP contribution is 2.47. The monoisotopic (exact) mass is 275 g/mol. The molecule has 1 aliphatic heterocycles. The van der Waals surface area contributed by atoms with Gasteiger partial charge < -0.3 is 14.4 Å². The fraction of sp³-hybridized carbons (Fsp3) is 0.467. The molecule has 0 N–H and O–H groups in total. The van der Waals surface area contributed by atoms with Crippen LogP contribution in [0.1, 0.15) is 35.7 Å². The first-order chi connectivity index (χ1) is 9.52. The minimum atomic E-state index is -0.966. The number of fused-ring (bicyclic) bond motifs is 1. The Balaban J connectivity index is 2.13. The number of benzene rings is 1. The predicted molar refractivity (Wildman–Crippen MR) is 72.7 cm³/mol. The summed E-state index contributed by atoms with van der Waals surface area (Å²) >= 11 is 0. The number of anilines is 1. The molecule has 5 nitrogen and oxygen atoms in total. The smallest absolute Gasteiger partial charge is 0.337 e. The first-order valence-electron chi connectivity index (χ1n) is 6.64. The maximum Gasteiger partial charge on any atom is 0.337 e. The first kappa shape index (κ1) is 13.1. The molecule has 1 atom stereocenters. The maximum absolute atomic E-state index is 12.6. The van der Waals surface area contributed by atoms with Crippen LogP contribution in [0, 0.1) is 0 Å². The first-order valence-corrected chi connectivity index (χ1v) is 6.64. The van der Waals surface area contributed by atoms with Crippen molar-refractivity contribution in [3.05, 3.63) is 29.3 Å². The molecular weight excluding hydrogens is 258 g/mol. The van der Waals surface area contributed by atoms with Crippen molar-refractivity contribution in [2.75, 3.05) is 19.1 Å². The highest BCUT2D eigenvalue weighted by Gasteiger charge is 2.52. The van der Waals surface area contributed by atoms with Crippen molar-refractivity contribution in [2.24, 2.45) is 0 Å². The molecule has 1 fully saturated rings. The zero-order valence-electron chi connectivity index (χ0n) is 11.8. The van der Waals surface area contributed by atoms with Gasteiger partial charge in [0.05, 0.1) is 18.4 Å². The largest absolute Gasteiger partial charge is 0.465 e. The third-order valence-electron chi connectivity index (χ3n) is 4.14.